The largest absolute Gasteiger partial charge is 0.340 e. The highest BCUT2D eigenvalue weighted by atomic mass is 16.2. The van der Waals surface area contributed by atoms with Crippen molar-refractivity contribution in [2.45, 2.75) is 72.3 Å². The lowest BCUT2D eigenvalue weighted by Crippen LogP contribution is -2.51. The van der Waals surface area contributed by atoms with Crippen LogP contribution in [0.25, 0.3) is 0 Å². The van der Waals surface area contributed by atoms with Crippen LogP contribution in [0.3, 0.4) is 0 Å². The first-order chi connectivity index (χ1) is 12.9. The molecule has 4 nitrogen and oxygen atoms in total. The van der Waals surface area contributed by atoms with Crippen molar-refractivity contribution >= 4 is 5.91 Å². The van der Waals surface area contributed by atoms with Gasteiger partial charge >= 0.3 is 0 Å². The van der Waals surface area contributed by atoms with E-state index < -0.39 is 0 Å². The van der Waals surface area contributed by atoms with Crippen LogP contribution >= 0.6 is 0 Å². The molecule has 0 N–H and O–H groups in total. The number of nitrogens with zero attached hydrogens (tertiary/aromatic N) is 3. The molecule has 0 aromatic rings. The minimum Gasteiger partial charge on any atom is -0.340 e. The molecule has 0 atom stereocenters. The predicted molar refractivity (Wildman–Crippen MR) is 113 cm³/mol. The SMILES string of the molecule is CC(C)C(=O)N1CCN(CC2CCN([C@H]3CC[C@H](C(C)C)CC3)CC2)CC1. The molecule has 2 heterocycles. The Morgan fingerprint density at radius 2 is 1.41 bits per heavy atom. The summed E-state index contributed by atoms with van der Waals surface area (Å²) in [6, 6.07) is 0.867. The number of hydrogen-bond donors (Lipinski definition) is 0. The van der Waals surface area contributed by atoms with Crippen LogP contribution in [0, 0.1) is 23.7 Å². The zero-order valence-corrected chi connectivity index (χ0v) is 18.3. The molecule has 156 valence electrons. The first-order valence-corrected chi connectivity index (χ1v) is 11.7. The van der Waals surface area contributed by atoms with Gasteiger partial charge in [0, 0.05) is 44.7 Å². The zero-order chi connectivity index (χ0) is 19.4. The van der Waals surface area contributed by atoms with Crippen LogP contribution in [0.2, 0.25) is 0 Å². The summed E-state index contributed by atoms with van der Waals surface area (Å²) >= 11 is 0. The van der Waals surface area contributed by atoms with E-state index in [-0.39, 0.29) is 5.92 Å². The summed E-state index contributed by atoms with van der Waals surface area (Å²) < 4.78 is 0. The molecule has 0 radical (unpaired) electrons. The Bertz CT molecular complexity index is 454. The Hall–Kier alpha value is -0.610. The standard InChI is InChI=1S/C23H43N3O/c1-18(2)21-5-7-22(8-6-21)25-11-9-20(10-12-25)17-24-13-15-26(16-14-24)23(27)19(3)4/h18-22H,5-17H2,1-4H3/t21-,22-. The molecule has 27 heavy (non-hydrogen) atoms. The normalized spacial score (nSPS) is 29.6. The van der Waals surface area contributed by atoms with Gasteiger partial charge in [0.25, 0.3) is 0 Å². The number of amides is 1. The Labute approximate surface area is 167 Å². The third-order valence-electron chi connectivity index (χ3n) is 7.54. The monoisotopic (exact) mass is 377 g/mol. The summed E-state index contributed by atoms with van der Waals surface area (Å²) in [5, 5.41) is 0. The van der Waals surface area contributed by atoms with Gasteiger partial charge in [-0.3, -0.25) is 9.69 Å². The lowest BCUT2D eigenvalue weighted by atomic mass is 9.78. The van der Waals surface area contributed by atoms with Gasteiger partial charge in [0.2, 0.25) is 5.91 Å². The molecule has 0 unspecified atom stereocenters. The maximum atomic E-state index is 12.1. The number of piperazine rings is 1. The van der Waals surface area contributed by atoms with Crippen LogP contribution in [0.1, 0.15) is 66.2 Å². The molecule has 1 aliphatic carbocycles. The molecule has 0 spiro atoms. The van der Waals surface area contributed by atoms with E-state index in [4.69, 9.17) is 0 Å². The summed E-state index contributed by atoms with van der Waals surface area (Å²) in [6.45, 7) is 16.7. The third-order valence-corrected chi connectivity index (χ3v) is 7.54. The average molecular weight is 378 g/mol. The fraction of sp³-hybridized carbons (Fsp3) is 0.957. The van der Waals surface area contributed by atoms with Crippen molar-refractivity contribution in [3.05, 3.63) is 0 Å². The highest BCUT2D eigenvalue weighted by Gasteiger charge is 2.31. The van der Waals surface area contributed by atoms with Crippen molar-refractivity contribution in [3.63, 3.8) is 0 Å². The van der Waals surface area contributed by atoms with Gasteiger partial charge in [0.15, 0.2) is 0 Å². The minimum atomic E-state index is 0.136. The second-order valence-corrected chi connectivity index (χ2v) is 10.1. The van der Waals surface area contributed by atoms with Crippen LogP contribution in [0.5, 0.6) is 0 Å². The van der Waals surface area contributed by atoms with E-state index in [1.54, 1.807) is 0 Å². The van der Waals surface area contributed by atoms with Gasteiger partial charge in [-0.05, 0) is 69.4 Å². The van der Waals surface area contributed by atoms with Crippen LogP contribution in [0.4, 0.5) is 0 Å². The van der Waals surface area contributed by atoms with Gasteiger partial charge in [0.1, 0.15) is 0 Å². The number of hydrogen-bond acceptors (Lipinski definition) is 3. The van der Waals surface area contributed by atoms with Crippen LogP contribution in [0.15, 0.2) is 0 Å². The first-order valence-electron chi connectivity index (χ1n) is 11.7. The fourth-order valence-electron chi connectivity index (χ4n) is 5.52. The van der Waals surface area contributed by atoms with Gasteiger partial charge in [-0.1, -0.05) is 27.7 Å². The van der Waals surface area contributed by atoms with Crippen molar-refractivity contribution in [2.24, 2.45) is 23.7 Å². The van der Waals surface area contributed by atoms with Crippen molar-refractivity contribution in [2.75, 3.05) is 45.8 Å². The molecular weight excluding hydrogens is 334 g/mol. The van der Waals surface area contributed by atoms with Crippen molar-refractivity contribution < 1.29 is 4.79 Å². The average Bonchev–Trinajstić information content (AvgIpc) is 2.68. The number of likely N-dealkylation sites (tertiary alicyclic amines) is 1. The van der Waals surface area contributed by atoms with Crippen LogP contribution in [-0.4, -0.2) is 72.5 Å². The van der Waals surface area contributed by atoms with E-state index >= 15 is 0 Å². The Kier molecular flexibility index (Phi) is 7.61. The van der Waals surface area contributed by atoms with E-state index in [0.717, 1.165) is 50.0 Å². The van der Waals surface area contributed by atoms with Gasteiger partial charge in [0.05, 0.1) is 0 Å². The predicted octanol–water partition coefficient (Wildman–Crippen LogP) is 3.71. The van der Waals surface area contributed by atoms with Crippen LogP contribution in [-0.2, 0) is 4.79 Å². The summed E-state index contributed by atoms with van der Waals surface area (Å²) in [7, 11) is 0. The maximum absolute atomic E-state index is 12.1. The smallest absolute Gasteiger partial charge is 0.225 e. The highest BCUT2D eigenvalue weighted by Crippen LogP contribution is 2.33. The van der Waals surface area contributed by atoms with Gasteiger partial charge in [-0.25, -0.2) is 0 Å². The topological polar surface area (TPSA) is 26.8 Å². The molecule has 1 amide bonds. The quantitative estimate of drug-likeness (QED) is 0.731. The van der Waals surface area contributed by atoms with Crippen molar-refractivity contribution in [1.29, 1.82) is 0 Å². The number of piperidine rings is 1. The second-order valence-electron chi connectivity index (χ2n) is 10.1. The molecular formula is C23H43N3O. The van der Waals surface area contributed by atoms with Crippen LogP contribution < -0.4 is 0 Å². The fourth-order valence-corrected chi connectivity index (χ4v) is 5.52. The van der Waals surface area contributed by atoms with E-state index in [1.807, 2.05) is 13.8 Å². The molecule has 1 saturated carbocycles. The lowest BCUT2D eigenvalue weighted by molar-refractivity contribution is -0.136. The maximum Gasteiger partial charge on any atom is 0.225 e. The van der Waals surface area contributed by atoms with E-state index in [2.05, 4.69) is 28.5 Å². The molecule has 3 aliphatic rings. The number of rotatable bonds is 5. The van der Waals surface area contributed by atoms with E-state index in [9.17, 15) is 4.79 Å². The number of carbonyl (C=O) groups is 1. The molecule has 0 aromatic heterocycles. The molecule has 0 bridgehead atoms. The molecule has 2 aliphatic heterocycles. The third kappa shape index (κ3) is 5.69. The van der Waals surface area contributed by atoms with Gasteiger partial charge < -0.3 is 9.80 Å². The van der Waals surface area contributed by atoms with Crippen molar-refractivity contribution in [3.8, 4) is 0 Å². The van der Waals surface area contributed by atoms with Crippen molar-refractivity contribution in [1.82, 2.24) is 14.7 Å². The Balaban J connectivity index is 1.34. The molecule has 4 heteroatoms. The zero-order valence-electron chi connectivity index (χ0n) is 18.3. The first kappa shape index (κ1) is 21.1. The molecule has 2 saturated heterocycles. The minimum absolute atomic E-state index is 0.136. The van der Waals surface area contributed by atoms with E-state index in [0.29, 0.717) is 5.91 Å². The van der Waals surface area contributed by atoms with Gasteiger partial charge in [-0.15, -0.1) is 0 Å². The van der Waals surface area contributed by atoms with E-state index in [1.165, 1.54) is 58.2 Å². The molecule has 0 aromatic carbocycles. The van der Waals surface area contributed by atoms with Gasteiger partial charge in [-0.2, -0.15) is 0 Å². The molecule has 3 fully saturated rings. The Morgan fingerprint density at radius 3 is 1.93 bits per heavy atom. The lowest BCUT2D eigenvalue weighted by Gasteiger charge is -2.43. The Morgan fingerprint density at radius 1 is 0.815 bits per heavy atom. The second kappa shape index (κ2) is 9.73. The summed E-state index contributed by atoms with van der Waals surface area (Å²) in [6.07, 6.45) is 8.49. The molecule has 3 rings (SSSR count). The summed E-state index contributed by atoms with van der Waals surface area (Å²) in [4.78, 5) is 19.6. The highest BCUT2D eigenvalue weighted by molar-refractivity contribution is 5.78. The summed E-state index contributed by atoms with van der Waals surface area (Å²) in [5.41, 5.74) is 0. The number of carbonyl (C=O) groups excluding carboxylic acids is 1. The summed E-state index contributed by atoms with van der Waals surface area (Å²) in [5.74, 6) is 3.17.